The molecule has 2 aromatic carbocycles. The van der Waals surface area contributed by atoms with Gasteiger partial charge < -0.3 is 14.7 Å². The first-order valence-corrected chi connectivity index (χ1v) is 9.88. The number of carbonyl (C=O) groups is 2. The first-order chi connectivity index (χ1) is 14.2. The van der Waals surface area contributed by atoms with Crippen LogP contribution in [0.15, 0.2) is 47.0 Å². The fourth-order valence-electron chi connectivity index (χ4n) is 3.23. The van der Waals surface area contributed by atoms with E-state index in [1.807, 2.05) is 58.0 Å². The van der Waals surface area contributed by atoms with Crippen LogP contribution in [0.2, 0.25) is 0 Å². The fraction of sp³-hybridized carbons (Fsp3) is 0.292. The van der Waals surface area contributed by atoms with Gasteiger partial charge in [-0.1, -0.05) is 41.1 Å². The van der Waals surface area contributed by atoms with E-state index in [1.165, 1.54) is 0 Å². The van der Waals surface area contributed by atoms with Crippen molar-refractivity contribution in [2.75, 3.05) is 12.4 Å². The SMILES string of the molecule is Cc1ccc(CC(=O)Nc2cc(C(=O)N(C)Cc3c(C)noc3C)ccc2C)cc1. The summed E-state index contributed by atoms with van der Waals surface area (Å²) in [6.45, 7) is 8.02. The molecule has 2 amide bonds. The highest BCUT2D eigenvalue weighted by molar-refractivity contribution is 5.98. The second-order valence-electron chi connectivity index (χ2n) is 7.70. The molecule has 156 valence electrons. The van der Waals surface area contributed by atoms with E-state index in [9.17, 15) is 9.59 Å². The Morgan fingerprint density at radius 3 is 2.37 bits per heavy atom. The predicted molar refractivity (Wildman–Crippen MR) is 116 cm³/mol. The van der Waals surface area contributed by atoms with Crippen LogP contribution in [0.3, 0.4) is 0 Å². The number of anilines is 1. The number of amides is 2. The van der Waals surface area contributed by atoms with Crippen LogP contribution >= 0.6 is 0 Å². The van der Waals surface area contributed by atoms with Crippen molar-refractivity contribution in [1.82, 2.24) is 10.1 Å². The Labute approximate surface area is 176 Å². The Balaban J connectivity index is 1.71. The van der Waals surface area contributed by atoms with E-state index in [0.29, 0.717) is 23.6 Å². The van der Waals surface area contributed by atoms with Gasteiger partial charge in [-0.05, 0) is 51.0 Å². The molecule has 0 atom stereocenters. The Morgan fingerprint density at radius 1 is 1.03 bits per heavy atom. The van der Waals surface area contributed by atoms with Crippen LogP contribution in [0.4, 0.5) is 5.69 Å². The van der Waals surface area contributed by atoms with Crippen LogP contribution < -0.4 is 5.32 Å². The van der Waals surface area contributed by atoms with Gasteiger partial charge in [0.1, 0.15) is 5.76 Å². The molecule has 0 spiro atoms. The summed E-state index contributed by atoms with van der Waals surface area (Å²) in [6, 6.07) is 13.2. The van der Waals surface area contributed by atoms with Crippen molar-refractivity contribution >= 4 is 17.5 Å². The van der Waals surface area contributed by atoms with Gasteiger partial charge in [-0.15, -0.1) is 0 Å². The lowest BCUT2D eigenvalue weighted by molar-refractivity contribution is -0.115. The maximum absolute atomic E-state index is 12.9. The molecule has 1 N–H and O–H groups in total. The summed E-state index contributed by atoms with van der Waals surface area (Å²) >= 11 is 0. The lowest BCUT2D eigenvalue weighted by Crippen LogP contribution is -2.27. The number of hydrogen-bond donors (Lipinski definition) is 1. The predicted octanol–water partition coefficient (Wildman–Crippen LogP) is 4.36. The molecule has 0 radical (unpaired) electrons. The van der Waals surface area contributed by atoms with Gasteiger partial charge in [-0.25, -0.2) is 0 Å². The molecule has 0 bridgehead atoms. The molecular formula is C24H27N3O3. The number of aromatic nitrogens is 1. The number of carbonyl (C=O) groups excluding carboxylic acids is 2. The van der Waals surface area contributed by atoms with Crippen LogP contribution in [-0.4, -0.2) is 28.9 Å². The third kappa shape index (κ3) is 4.95. The van der Waals surface area contributed by atoms with E-state index in [2.05, 4.69) is 10.5 Å². The first-order valence-electron chi connectivity index (χ1n) is 9.88. The summed E-state index contributed by atoms with van der Waals surface area (Å²) in [6.07, 6.45) is 0.282. The number of hydrogen-bond acceptors (Lipinski definition) is 4. The smallest absolute Gasteiger partial charge is 0.253 e. The molecule has 0 aliphatic heterocycles. The Bertz CT molecular complexity index is 1050. The molecule has 0 fully saturated rings. The van der Waals surface area contributed by atoms with Crippen molar-refractivity contribution in [3.05, 3.63) is 81.7 Å². The van der Waals surface area contributed by atoms with Gasteiger partial charge in [0, 0.05) is 23.9 Å². The zero-order valence-electron chi connectivity index (χ0n) is 18.1. The average molecular weight is 405 g/mol. The second kappa shape index (κ2) is 8.95. The van der Waals surface area contributed by atoms with E-state index in [0.717, 1.165) is 27.9 Å². The van der Waals surface area contributed by atoms with Gasteiger partial charge in [0.15, 0.2) is 0 Å². The lowest BCUT2D eigenvalue weighted by Gasteiger charge is -2.18. The van der Waals surface area contributed by atoms with Crippen molar-refractivity contribution in [3.8, 4) is 0 Å². The van der Waals surface area contributed by atoms with E-state index in [4.69, 9.17) is 4.52 Å². The van der Waals surface area contributed by atoms with Crippen LogP contribution in [0.1, 0.15) is 44.1 Å². The third-order valence-corrected chi connectivity index (χ3v) is 5.17. The molecule has 3 aromatic rings. The summed E-state index contributed by atoms with van der Waals surface area (Å²) in [4.78, 5) is 27.0. The third-order valence-electron chi connectivity index (χ3n) is 5.17. The molecule has 1 aromatic heterocycles. The Morgan fingerprint density at radius 2 is 1.73 bits per heavy atom. The van der Waals surface area contributed by atoms with Gasteiger partial charge in [-0.3, -0.25) is 9.59 Å². The average Bonchev–Trinajstić information content (AvgIpc) is 3.02. The first kappa shape index (κ1) is 21.3. The highest BCUT2D eigenvalue weighted by Gasteiger charge is 2.18. The monoisotopic (exact) mass is 405 g/mol. The summed E-state index contributed by atoms with van der Waals surface area (Å²) in [5, 5.41) is 6.87. The van der Waals surface area contributed by atoms with Gasteiger partial charge in [-0.2, -0.15) is 0 Å². The molecule has 30 heavy (non-hydrogen) atoms. The molecule has 0 saturated carbocycles. The van der Waals surface area contributed by atoms with Crippen molar-refractivity contribution in [2.45, 2.75) is 40.7 Å². The number of rotatable bonds is 6. The highest BCUT2D eigenvalue weighted by atomic mass is 16.5. The van der Waals surface area contributed by atoms with E-state index >= 15 is 0 Å². The molecule has 0 saturated heterocycles. The summed E-state index contributed by atoms with van der Waals surface area (Å²) < 4.78 is 5.18. The molecule has 6 nitrogen and oxygen atoms in total. The molecular weight excluding hydrogens is 378 g/mol. The molecule has 0 aliphatic carbocycles. The zero-order valence-corrected chi connectivity index (χ0v) is 18.1. The quantitative estimate of drug-likeness (QED) is 0.661. The minimum Gasteiger partial charge on any atom is -0.361 e. The lowest BCUT2D eigenvalue weighted by atomic mass is 10.1. The fourth-order valence-corrected chi connectivity index (χ4v) is 3.23. The molecule has 0 aliphatic rings. The van der Waals surface area contributed by atoms with Crippen LogP contribution in [0.5, 0.6) is 0 Å². The molecule has 0 unspecified atom stereocenters. The molecule has 6 heteroatoms. The number of aryl methyl sites for hydroxylation is 4. The zero-order chi connectivity index (χ0) is 21.8. The largest absolute Gasteiger partial charge is 0.361 e. The van der Waals surface area contributed by atoms with Gasteiger partial charge >= 0.3 is 0 Å². The highest BCUT2D eigenvalue weighted by Crippen LogP contribution is 2.20. The minimum atomic E-state index is -0.135. The second-order valence-corrected chi connectivity index (χ2v) is 7.70. The van der Waals surface area contributed by atoms with Crippen molar-refractivity contribution in [1.29, 1.82) is 0 Å². The van der Waals surface area contributed by atoms with Gasteiger partial charge in [0.2, 0.25) is 5.91 Å². The number of nitrogens with one attached hydrogen (secondary N) is 1. The van der Waals surface area contributed by atoms with Gasteiger partial charge in [0.05, 0.1) is 18.7 Å². The molecule has 3 rings (SSSR count). The summed E-state index contributed by atoms with van der Waals surface area (Å²) in [7, 11) is 1.74. The van der Waals surface area contributed by atoms with E-state index in [-0.39, 0.29) is 18.2 Å². The van der Waals surface area contributed by atoms with E-state index < -0.39 is 0 Å². The van der Waals surface area contributed by atoms with Crippen LogP contribution in [-0.2, 0) is 17.8 Å². The van der Waals surface area contributed by atoms with Crippen LogP contribution in [0, 0.1) is 27.7 Å². The number of nitrogens with zero attached hydrogens (tertiary/aromatic N) is 2. The normalized spacial score (nSPS) is 10.7. The van der Waals surface area contributed by atoms with Crippen LogP contribution in [0.25, 0.3) is 0 Å². The summed E-state index contributed by atoms with van der Waals surface area (Å²) in [5.74, 6) is 0.458. The maximum Gasteiger partial charge on any atom is 0.253 e. The van der Waals surface area contributed by atoms with Crippen molar-refractivity contribution < 1.29 is 14.1 Å². The number of benzene rings is 2. The van der Waals surface area contributed by atoms with Crippen molar-refractivity contribution in [2.24, 2.45) is 0 Å². The Hall–Kier alpha value is -3.41. The summed E-state index contributed by atoms with van der Waals surface area (Å²) in [5.41, 5.74) is 5.84. The topological polar surface area (TPSA) is 75.4 Å². The molecule has 1 heterocycles. The van der Waals surface area contributed by atoms with Gasteiger partial charge in [0.25, 0.3) is 5.91 Å². The minimum absolute atomic E-state index is 0.115. The standard InChI is InChI=1S/C24H27N3O3/c1-15-6-9-19(10-7-15)12-23(28)25-22-13-20(11-8-16(22)2)24(29)27(5)14-21-17(3)26-30-18(21)4/h6-11,13H,12,14H2,1-5H3,(H,25,28). The Kier molecular flexibility index (Phi) is 6.35. The van der Waals surface area contributed by atoms with E-state index in [1.54, 1.807) is 24.1 Å². The van der Waals surface area contributed by atoms with Crippen molar-refractivity contribution in [3.63, 3.8) is 0 Å². The maximum atomic E-state index is 12.9.